The Kier molecular flexibility index (Phi) is 5.35. The van der Waals surface area contributed by atoms with E-state index < -0.39 is 17.0 Å². The molecule has 1 aromatic heterocycles. The van der Waals surface area contributed by atoms with Gasteiger partial charge < -0.3 is 15.2 Å². The van der Waals surface area contributed by atoms with Gasteiger partial charge in [-0.2, -0.15) is 0 Å². The third kappa shape index (κ3) is 3.80. The molecule has 8 nitrogen and oxygen atoms in total. The number of esters is 1. The second kappa shape index (κ2) is 7.26. The number of nitro benzene ring substituents is 1. The molecule has 1 unspecified atom stereocenters. The van der Waals surface area contributed by atoms with Gasteiger partial charge in [-0.1, -0.05) is 0 Å². The van der Waals surface area contributed by atoms with Crippen LogP contribution in [0.2, 0.25) is 0 Å². The SMILES string of the molecule is COC(=O)c1ccc([N+](=O)[O-])cc1C(C)Oc1cc(Br)cnc1N. The van der Waals surface area contributed by atoms with Crippen molar-refractivity contribution in [3.8, 4) is 5.75 Å². The lowest BCUT2D eigenvalue weighted by molar-refractivity contribution is -0.385. The molecule has 2 N–H and O–H groups in total. The highest BCUT2D eigenvalue weighted by Crippen LogP contribution is 2.31. The average molecular weight is 396 g/mol. The van der Waals surface area contributed by atoms with Crippen LogP contribution in [0, 0.1) is 10.1 Å². The van der Waals surface area contributed by atoms with Crippen LogP contribution in [-0.2, 0) is 4.74 Å². The minimum atomic E-state index is -0.697. The lowest BCUT2D eigenvalue weighted by Crippen LogP contribution is -2.13. The fourth-order valence-corrected chi connectivity index (χ4v) is 2.39. The van der Waals surface area contributed by atoms with E-state index in [1.165, 1.54) is 31.5 Å². The molecular formula is C15H14BrN3O5. The molecule has 0 bridgehead atoms. The average Bonchev–Trinajstić information content (AvgIpc) is 2.56. The number of halogens is 1. The number of nitrogens with zero attached hydrogens (tertiary/aromatic N) is 2. The van der Waals surface area contributed by atoms with E-state index in [9.17, 15) is 14.9 Å². The van der Waals surface area contributed by atoms with Gasteiger partial charge in [0.05, 0.1) is 17.6 Å². The molecule has 0 radical (unpaired) electrons. The number of nitro groups is 1. The number of carbonyl (C=O) groups is 1. The summed E-state index contributed by atoms with van der Waals surface area (Å²) in [6.45, 7) is 1.64. The quantitative estimate of drug-likeness (QED) is 0.468. The standard InChI is InChI=1S/C15H14BrN3O5/c1-8(24-13-5-9(16)7-18-14(13)17)12-6-10(19(21)22)3-4-11(12)15(20)23-2/h3-8H,1-2H3,(H2,17,18). The van der Waals surface area contributed by atoms with Crippen LogP contribution in [0.4, 0.5) is 11.5 Å². The van der Waals surface area contributed by atoms with Gasteiger partial charge in [0.2, 0.25) is 0 Å². The van der Waals surface area contributed by atoms with E-state index in [1.54, 1.807) is 13.0 Å². The van der Waals surface area contributed by atoms with Crippen molar-refractivity contribution in [1.82, 2.24) is 4.98 Å². The van der Waals surface area contributed by atoms with E-state index in [-0.39, 0.29) is 17.1 Å². The number of hydrogen-bond acceptors (Lipinski definition) is 7. The number of nitrogen functional groups attached to an aromatic ring is 1. The summed E-state index contributed by atoms with van der Waals surface area (Å²) in [7, 11) is 1.23. The topological polar surface area (TPSA) is 118 Å². The summed E-state index contributed by atoms with van der Waals surface area (Å²) in [4.78, 5) is 26.3. The summed E-state index contributed by atoms with van der Waals surface area (Å²) in [6, 6.07) is 5.46. The van der Waals surface area contributed by atoms with E-state index >= 15 is 0 Å². The summed E-state index contributed by atoms with van der Waals surface area (Å²) in [5.41, 5.74) is 6.10. The number of methoxy groups -OCH3 is 1. The number of anilines is 1. The number of ether oxygens (including phenoxy) is 2. The van der Waals surface area contributed by atoms with Crippen LogP contribution in [0.5, 0.6) is 5.75 Å². The maximum absolute atomic E-state index is 11.9. The zero-order valence-corrected chi connectivity index (χ0v) is 14.4. The summed E-state index contributed by atoms with van der Waals surface area (Å²) >= 11 is 3.26. The largest absolute Gasteiger partial charge is 0.482 e. The molecule has 24 heavy (non-hydrogen) atoms. The molecule has 0 saturated carbocycles. The monoisotopic (exact) mass is 395 g/mol. The lowest BCUT2D eigenvalue weighted by atomic mass is 10.0. The van der Waals surface area contributed by atoms with Crippen molar-refractivity contribution in [2.24, 2.45) is 0 Å². The second-order valence-electron chi connectivity index (χ2n) is 4.82. The minimum absolute atomic E-state index is 0.159. The van der Waals surface area contributed by atoms with E-state index in [2.05, 4.69) is 20.9 Å². The summed E-state index contributed by atoms with van der Waals surface area (Å²) in [6.07, 6.45) is 0.817. The Morgan fingerprint density at radius 3 is 2.75 bits per heavy atom. The summed E-state index contributed by atoms with van der Waals surface area (Å²) in [5.74, 6) is -0.162. The van der Waals surface area contributed by atoms with Crippen LogP contribution in [-0.4, -0.2) is 23.0 Å². The minimum Gasteiger partial charge on any atom is -0.482 e. The van der Waals surface area contributed by atoms with Crippen LogP contribution < -0.4 is 10.5 Å². The van der Waals surface area contributed by atoms with E-state index in [4.69, 9.17) is 15.2 Å². The van der Waals surface area contributed by atoms with Crippen molar-refractivity contribution in [2.45, 2.75) is 13.0 Å². The van der Waals surface area contributed by atoms with Crippen LogP contribution in [0.1, 0.15) is 28.9 Å². The van der Waals surface area contributed by atoms with Gasteiger partial charge in [0.1, 0.15) is 6.10 Å². The number of aromatic nitrogens is 1. The zero-order valence-electron chi connectivity index (χ0n) is 12.9. The van der Waals surface area contributed by atoms with Crippen LogP contribution in [0.15, 0.2) is 34.9 Å². The fourth-order valence-electron chi connectivity index (χ4n) is 2.08. The Bertz CT molecular complexity index is 797. The molecule has 1 aromatic carbocycles. The molecule has 9 heteroatoms. The molecule has 1 heterocycles. The summed E-state index contributed by atoms with van der Waals surface area (Å²) < 4.78 is 11.1. The van der Waals surface area contributed by atoms with E-state index in [0.29, 0.717) is 15.8 Å². The molecule has 0 fully saturated rings. The highest BCUT2D eigenvalue weighted by atomic mass is 79.9. The lowest BCUT2D eigenvalue weighted by Gasteiger charge is -2.18. The highest BCUT2D eigenvalue weighted by molar-refractivity contribution is 9.10. The number of benzene rings is 1. The summed E-state index contributed by atoms with van der Waals surface area (Å²) in [5, 5.41) is 11.0. The molecule has 0 aliphatic rings. The first-order valence-electron chi connectivity index (χ1n) is 6.77. The molecule has 126 valence electrons. The maximum atomic E-state index is 11.9. The Morgan fingerprint density at radius 1 is 1.42 bits per heavy atom. The zero-order chi connectivity index (χ0) is 17.9. The fraction of sp³-hybridized carbons (Fsp3) is 0.200. The first-order valence-corrected chi connectivity index (χ1v) is 7.57. The van der Waals surface area contributed by atoms with E-state index in [1.807, 2.05) is 0 Å². The van der Waals surface area contributed by atoms with Crippen molar-refractivity contribution in [3.05, 3.63) is 56.2 Å². The van der Waals surface area contributed by atoms with Crippen LogP contribution in [0.25, 0.3) is 0 Å². The molecular weight excluding hydrogens is 382 g/mol. The number of non-ortho nitro benzene ring substituents is 1. The molecule has 0 aliphatic carbocycles. The molecule has 0 spiro atoms. The third-order valence-electron chi connectivity index (χ3n) is 3.24. The first kappa shape index (κ1) is 17.7. The molecule has 0 amide bonds. The van der Waals surface area contributed by atoms with Crippen LogP contribution >= 0.6 is 15.9 Å². The van der Waals surface area contributed by atoms with Gasteiger partial charge in [0, 0.05) is 28.4 Å². The smallest absolute Gasteiger partial charge is 0.338 e. The number of rotatable bonds is 5. The predicted octanol–water partition coefficient (Wildman–Crippen LogP) is 3.26. The molecule has 1 atom stereocenters. The third-order valence-corrected chi connectivity index (χ3v) is 3.68. The molecule has 0 aliphatic heterocycles. The van der Waals surface area contributed by atoms with Gasteiger partial charge in [-0.3, -0.25) is 10.1 Å². The van der Waals surface area contributed by atoms with Gasteiger partial charge in [-0.05, 0) is 35.0 Å². The maximum Gasteiger partial charge on any atom is 0.338 e. The Balaban J connectivity index is 2.44. The number of nitrogens with two attached hydrogens (primary N) is 1. The molecule has 0 saturated heterocycles. The second-order valence-corrected chi connectivity index (χ2v) is 5.73. The number of hydrogen-bond donors (Lipinski definition) is 1. The van der Waals surface area contributed by atoms with Gasteiger partial charge in [0.25, 0.3) is 5.69 Å². The van der Waals surface area contributed by atoms with E-state index in [0.717, 1.165) is 0 Å². The highest BCUT2D eigenvalue weighted by Gasteiger charge is 2.22. The van der Waals surface area contributed by atoms with Crippen molar-refractivity contribution >= 4 is 33.4 Å². The van der Waals surface area contributed by atoms with Gasteiger partial charge in [-0.15, -0.1) is 0 Å². The predicted molar refractivity (Wildman–Crippen MR) is 89.8 cm³/mol. The van der Waals surface area contributed by atoms with Gasteiger partial charge in [-0.25, -0.2) is 9.78 Å². The van der Waals surface area contributed by atoms with Crippen molar-refractivity contribution < 1.29 is 19.2 Å². The van der Waals surface area contributed by atoms with Gasteiger partial charge in [0.15, 0.2) is 11.6 Å². The van der Waals surface area contributed by atoms with Crippen molar-refractivity contribution in [3.63, 3.8) is 0 Å². The number of carbonyl (C=O) groups excluding carboxylic acids is 1. The van der Waals surface area contributed by atoms with Crippen molar-refractivity contribution in [1.29, 1.82) is 0 Å². The Morgan fingerprint density at radius 2 is 2.12 bits per heavy atom. The van der Waals surface area contributed by atoms with Gasteiger partial charge >= 0.3 is 5.97 Å². The normalized spacial score (nSPS) is 11.6. The first-order chi connectivity index (χ1) is 11.3. The molecule has 2 aromatic rings. The number of pyridine rings is 1. The Hall–Kier alpha value is -2.68. The Labute approximate surface area is 145 Å². The van der Waals surface area contributed by atoms with Crippen LogP contribution in [0.3, 0.4) is 0 Å². The molecule has 2 rings (SSSR count). The van der Waals surface area contributed by atoms with Crippen molar-refractivity contribution in [2.75, 3.05) is 12.8 Å².